The maximum atomic E-state index is 12.1. The summed E-state index contributed by atoms with van der Waals surface area (Å²) < 4.78 is 4.96. The Kier molecular flexibility index (Phi) is 4.06. The second-order valence-electron chi connectivity index (χ2n) is 5.54. The molecule has 2 aromatic rings. The van der Waals surface area contributed by atoms with Crippen LogP contribution in [0.25, 0.3) is 0 Å². The molecular formula is C18H15ClN2O2. The van der Waals surface area contributed by atoms with E-state index in [1.165, 1.54) is 7.11 Å². The van der Waals surface area contributed by atoms with Gasteiger partial charge in [-0.25, -0.2) is 9.97 Å². The smallest absolute Gasteiger partial charge is 0.316 e. The molecule has 1 aromatic heterocycles. The van der Waals surface area contributed by atoms with Gasteiger partial charge in [0.1, 0.15) is 5.69 Å². The standard InChI is InChI=1S/C18H15ClN2O2/c1-12-11-20-17(19)21-15(12)8-7-13-5-3-4-6-14(13)18(9-10-18)16(22)23-2/h3-6,11H,9-10H2,1-2H3. The number of carbonyl (C=O) groups is 1. The van der Waals surface area contributed by atoms with Gasteiger partial charge in [-0.05, 0) is 48.9 Å². The van der Waals surface area contributed by atoms with Gasteiger partial charge in [0.15, 0.2) is 0 Å². The zero-order valence-corrected chi connectivity index (χ0v) is 13.6. The molecule has 4 nitrogen and oxygen atoms in total. The maximum absolute atomic E-state index is 12.1. The number of hydrogen-bond acceptors (Lipinski definition) is 4. The molecule has 0 radical (unpaired) electrons. The summed E-state index contributed by atoms with van der Waals surface area (Å²) in [6.07, 6.45) is 3.22. The number of hydrogen-bond donors (Lipinski definition) is 0. The van der Waals surface area contributed by atoms with Crippen molar-refractivity contribution in [3.63, 3.8) is 0 Å². The average molecular weight is 327 g/mol. The second-order valence-corrected chi connectivity index (χ2v) is 5.88. The number of rotatable bonds is 2. The van der Waals surface area contributed by atoms with E-state index in [0.29, 0.717) is 5.69 Å². The van der Waals surface area contributed by atoms with E-state index in [4.69, 9.17) is 16.3 Å². The topological polar surface area (TPSA) is 52.1 Å². The summed E-state index contributed by atoms with van der Waals surface area (Å²) in [6.45, 7) is 1.88. The monoisotopic (exact) mass is 326 g/mol. The highest BCUT2D eigenvalue weighted by Gasteiger charge is 2.53. The van der Waals surface area contributed by atoms with Crippen LogP contribution in [-0.2, 0) is 14.9 Å². The first-order valence-electron chi connectivity index (χ1n) is 7.26. The fourth-order valence-electron chi connectivity index (χ4n) is 2.59. The third kappa shape index (κ3) is 2.93. The minimum atomic E-state index is -0.543. The lowest BCUT2D eigenvalue weighted by Crippen LogP contribution is -2.22. The molecule has 1 saturated carbocycles. The number of ether oxygens (including phenoxy) is 1. The summed E-state index contributed by atoms with van der Waals surface area (Å²) in [5.41, 5.74) is 2.62. The minimum absolute atomic E-state index is 0.168. The van der Waals surface area contributed by atoms with E-state index in [-0.39, 0.29) is 11.3 Å². The van der Waals surface area contributed by atoms with Gasteiger partial charge >= 0.3 is 5.97 Å². The highest BCUT2D eigenvalue weighted by molar-refractivity contribution is 6.28. The molecule has 0 atom stereocenters. The van der Waals surface area contributed by atoms with Crippen LogP contribution in [0.2, 0.25) is 5.28 Å². The third-order valence-electron chi connectivity index (χ3n) is 4.03. The first kappa shape index (κ1) is 15.5. The van der Waals surface area contributed by atoms with Gasteiger partial charge in [-0.3, -0.25) is 4.79 Å². The van der Waals surface area contributed by atoms with Crippen LogP contribution in [-0.4, -0.2) is 23.0 Å². The van der Waals surface area contributed by atoms with E-state index < -0.39 is 5.41 Å². The predicted octanol–water partition coefficient (Wildman–Crippen LogP) is 3.04. The Hall–Kier alpha value is -2.38. The molecule has 1 aromatic carbocycles. The molecule has 23 heavy (non-hydrogen) atoms. The van der Waals surface area contributed by atoms with Gasteiger partial charge in [0.25, 0.3) is 0 Å². The summed E-state index contributed by atoms with van der Waals surface area (Å²) in [4.78, 5) is 20.2. The first-order chi connectivity index (χ1) is 11.1. The van der Waals surface area contributed by atoms with Gasteiger partial charge < -0.3 is 4.74 Å². The zero-order chi connectivity index (χ0) is 16.4. The Bertz CT molecular complexity index is 832. The molecule has 0 unspecified atom stereocenters. The van der Waals surface area contributed by atoms with Crippen LogP contribution in [0, 0.1) is 18.8 Å². The van der Waals surface area contributed by atoms with Crippen LogP contribution >= 0.6 is 11.6 Å². The van der Waals surface area contributed by atoms with E-state index in [1.807, 2.05) is 31.2 Å². The molecule has 0 N–H and O–H groups in total. The van der Waals surface area contributed by atoms with Gasteiger partial charge in [-0.1, -0.05) is 24.1 Å². The van der Waals surface area contributed by atoms with Crippen molar-refractivity contribution in [1.29, 1.82) is 0 Å². The van der Waals surface area contributed by atoms with Gasteiger partial charge in [0.05, 0.1) is 12.5 Å². The second kappa shape index (κ2) is 6.02. The number of benzene rings is 1. The van der Waals surface area contributed by atoms with Gasteiger partial charge in [0.2, 0.25) is 5.28 Å². The van der Waals surface area contributed by atoms with Crippen molar-refractivity contribution < 1.29 is 9.53 Å². The molecular weight excluding hydrogens is 312 g/mol. The molecule has 0 amide bonds. The molecule has 1 aliphatic carbocycles. The van der Waals surface area contributed by atoms with E-state index in [9.17, 15) is 4.79 Å². The van der Waals surface area contributed by atoms with Crippen molar-refractivity contribution in [3.05, 3.63) is 58.1 Å². The summed E-state index contributed by atoms with van der Waals surface area (Å²) in [5.74, 6) is 5.94. The van der Waals surface area contributed by atoms with Gasteiger partial charge in [-0.2, -0.15) is 0 Å². The number of nitrogens with zero attached hydrogens (tertiary/aromatic N) is 2. The van der Waals surface area contributed by atoms with Crippen LogP contribution < -0.4 is 0 Å². The highest BCUT2D eigenvalue weighted by atomic mass is 35.5. The average Bonchev–Trinajstić information content (AvgIpc) is 3.37. The number of methoxy groups -OCH3 is 1. The largest absolute Gasteiger partial charge is 0.468 e. The minimum Gasteiger partial charge on any atom is -0.468 e. The highest BCUT2D eigenvalue weighted by Crippen LogP contribution is 2.50. The summed E-state index contributed by atoms with van der Waals surface area (Å²) >= 11 is 5.82. The number of carbonyl (C=O) groups excluding carboxylic acids is 1. The van der Waals surface area contributed by atoms with E-state index in [1.54, 1.807) is 6.20 Å². The fourth-order valence-corrected chi connectivity index (χ4v) is 2.72. The molecule has 0 bridgehead atoms. The van der Waals surface area contributed by atoms with Crippen LogP contribution in [0.15, 0.2) is 30.5 Å². The van der Waals surface area contributed by atoms with Gasteiger partial charge in [-0.15, -0.1) is 0 Å². The third-order valence-corrected chi connectivity index (χ3v) is 4.21. The molecule has 1 aliphatic rings. The number of halogens is 1. The molecule has 0 aliphatic heterocycles. The lowest BCUT2D eigenvalue weighted by atomic mass is 9.91. The van der Waals surface area contributed by atoms with E-state index >= 15 is 0 Å². The Morgan fingerprint density at radius 1 is 1.30 bits per heavy atom. The van der Waals surface area contributed by atoms with Crippen LogP contribution in [0.4, 0.5) is 0 Å². The first-order valence-corrected chi connectivity index (χ1v) is 7.64. The van der Waals surface area contributed by atoms with Crippen LogP contribution in [0.1, 0.15) is 35.2 Å². The lowest BCUT2D eigenvalue weighted by Gasteiger charge is -2.14. The molecule has 3 rings (SSSR count). The number of aryl methyl sites for hydroxylation is 1. The predicted molar refractivity (Wildman–Crippen MR) is 87.1 cm³/mol. The Balaban J connectivity index is 2.02. The molecule has 5 heteroatoms. The summed E-state index contributed by atoms with van der Waals surface area (Å²) in [5, 5.41) is 0.168. The van der Waals surface area contributed by atoms with Crippen molar-refractivity contribution in [2.75, 3.05) is 7.11 Å². The lowest BCUT2D eigenvalue weighted by molar-refractivity contribution is -0.143. The van der Waals surface area contributed by atoms with Crippen LogP contribution in [0.3, 0.4) is 0 Å². The van der Waals surface area contributed by atoms with Crippen molar-refractivity contribution in [2.45, 2.75) is 25.2 Å². The molecule has 0 spiro atoms. The normalized spacial score (nSPS) is 14.6. The Labute approximate surface area is 139 Å². The zero-order valence-electron chi connectivity index (χ0n) is 12.9. The maximum Gasteiger partial charge on any atom is 0.316 e. The van der Waals surface area contributed by atoms with E-state index in [0.717, 1.165) is 29.5 Å². The number of esters is 1. The fraction of sp³-hybridized carbons (Fsp3) is 0.278. The summed E-state index contributed by atoms with van der Waals surface area (Å²) in [6, 6.07) is 7.66. The molecule has 1 fully saturated rings. The van der Waals surface area contributed by atoms with Crippen molar-refractivity contribution in [1.82, 2.24) is 9.97 Å². The molecule has 0 saturated heterocycles. The Morgan fingerprint density at radius 2 is 2.04 bits per heavy atom. The number of aromatic nitrogens is 2. The summed E-state index contributed by atoms with van der Waals surface area (Å²) in [7, 11) is 1.42. The Morgan fingerprint density at radius 3 is 2.74 bits per heavy atom. The van der Waals surface area contributed by atoms with Gasteiger partial charge in [0, 0.05) is 17.3 Å². The molecule has 1 heterocycles. The van der Waals surface area contributed by atoms with E-state index in [2.05, 4.69) is 21.8 Å². The van der Waals surface area contributed by atoms with Crippen molar-refractivity contribution in [2.24, 2.45) is 0 Å². The van der Waals surface area contributed by atoms with Crippen LogP contribution in [0.5, 0.6) is 0 Å². The van der Waals surface area contributed by atoms with Crippen molar-refractivity contribution >= 4 is 17.6 Å². The quantitative estimate of drug-likeness (QED) is 0.483. The van der Waals surface area contributed by atoms with Crippen molar-refractivity contribution in [3.8, 4) is 11.8 Å². The molecule has 116 valence electrons. The SMILES string of the molecule is COC(=O)C1(c2ccccc2C#Cc2nc(Cl)ncc2C)CC1.